The Morgan fingerprint density at radius 2 is 2.19 bits per heavy atom. The number of carbonyl (C=O) groups excluding carboxylic acids is 3. The largest absolute Gasteiger partial charge is 0.325 e. The van der Waals surface area contributed by atoms with Crippen molar-refractivity contribution in [1.82, 2.24) is 10.2 Å². The second-order valence-corrected chi connectivity index (χ2v) is 7.85. The monoisotopic (exact) mass is 387 g/mol. The van der Waals surface area contributed by atoms with Gasteiger partial charge in [-0.25, -0.2) is 9.18 Å². The first kappa shape index (κ1) is 17.7. The van der Waals surface area contributed by atoms with Crippen molar-refractivity contribution in [2.75, 3.05) is 11.9 Å². The molecule has 0 bridgehead atoms. The third-order valence-corrected chi connectivity index (χ3v) is 6.07. The van der Waals surface area contributed by atoms with Crippen LogP contribution < -0.4 is 10.6 Å². The maximum Gasteiger partial charge on any atom is 0.325 e. The molecule has 1 fully saturated rings. The zero-order valence-corrected chi connectivity index (χ0v) is 15.5. The number of amides is 4. The van der Waals surface area contributed by atoms with Crippen molar-refractivity contribution >= 4 is 34.9 Å². The lowest BCUT2D eigenvalue weighted by Crippen LogP contribution is -2.46. The minimum atomic E-state index is -1.07. The smallest absolute Gasteiger partial charge is 0.324 e. The zero-order valence-electron chi connectivity index (χ0n) is 14.7. The van der Waals surface area contributed by atoms with Gasteiger partial charge in [0.1, 0.15) is 17.9 Å². The lowest BCUT2D eigenvalue weighted by atomic mass is 9.80. The number of aryl methyl sites for hydroxylation is 2. The van der Waals surface area contributed by atoms with Crippen molar-refractivity contribution in [2.24, 2.45) is 0 Å². The number of nitrogens with zero attached hydrogens (tertiary/aromatic N) is 1. The molecule has 1 aromatic carbocycles. The van der Waals surface area contributed by atoms with Gasteiger partial charge in [0.15, 0.2) is 0 Å². The van der Waals surface area contributed by atoms with Crippen molar-refractivity contribution in [3.8, 4) is 0 Å². The molecule has 4 rings (SSSR count). The van der Waals surface area contributed by atoms with Crippen LogP contribution in [0.5, 0.6) is 0 Å². The molecule has 1 aliphatic carbocycles. The Morgan fingerprint density at radius 1 is 1.37 bits per heavy atom. The summed E-state index contributed by atoms with van der Waals surface area (Å²) in [5.41, 5.74) is 0.511. The lowest BCUT2D eigenvalue weighted by Gasteiger charge is -2.31. The Morgan fingerprint density at radius 3 is 2.96 bits per heavy atom. The van der Waals surface area contributed by atoms with E-state index in [1.165, 1.54) is 6.07 Å². The van der Waals surface area contributed by atoms with E-state index in [9.17, 15) is 18.8 Å². The predicted molar refractivity (Wildman–Crippen MR) is 98.9 cm³/mol. The molecule has 1 aromatic heterocycles. The molecule has 1 spiro atoms. The topological polar surface area (TPSA) is 78.5 Å². The maximum atomic E-state index is 13.6. The average molecular weight is 387 g/mol. The third kappa shape index (κ3) is 2.90. The summed E-state index contributed by atoms with van der Waals surface area (Å²) in [6.45, 7) is 1.21. The molecule has 1 aliphatic heterocycles. The number of anilines is 1. The Hall–Kier alpha value is -2.74. The van der Waals surface area contributed by atoms with Crippen molar-refractivity contribution < 1.29 is 18.8 Å². The highest BCUT2D eigenvalue weighted by molar-refractivity contribution is 7.10. The minimum Gasteiger partial charge on any atom is -0.324 e. The first-order valence-electron chi connectivity index (χ1n) is 8.68. The van der Waals surface area contributed by atoms with Crippen LogP contribution in [0, 0.1) is 12.7 Å². The molecule has 1 saturated heterocycles. The molecule has 2 aromatic rings. The number of hydrogen-bond donors (Lipinski definition) is 2. The van der Waals surface area contributed by atoms with Gasteiger partial charge in [-0.1, -0.05) is 6.07 Å². The fourth-order valence-electron chi connectivity index (χ4n) is 3.70. The van der Waals surface area contributed by atoms with E-state index in [1.807, 2.05) is 11.4 Å². The summed E-state index contributed by atoms with van der Waals surface area (Å²) in [4.78, 5) is 39.8. The summed E-state index contributed by atoms with van der Waals surface area (Å²) in [5, 5.41) is 7.25. The molecular formula is C19H18FN3O3S. The SMILES string of the molecule is Cc1ccc(NC(=O)CN2C(=O)N[C@@]3(CCCc4sccc43)C2=O)cc1F. The number of fused-ring (bicyclic) bond motifs is 2. The van der Waals surface area contributed by atoms with Crippen LogP contribution in [0.4, 0.5) is 14.9 Å². The average Bonchev–Trinajstić information content (AvgIpc) is 3.19. The van der Waals surface area contributed by atoms with E-state index in [1.54, 1.807) is 30.4 Å². The maximum absolute atomic E-state index is 13.6. The standard InChI is InChI=1S/C19H18FN3O3S/c1-11-4-5-12(9-14(11)20)21-16(24)10-23-17(25)19(22-18(23)26)7-2-3-15-13(19)6-8-27-15/h4-6,8-9H,2-3,7,10H2,1H3,(H,21,24)(H,22,26)/t19-/m1/s1. The van der Waals surface area contributed by atoms with Crippen molar-refractivity contribution in [1.29, 1.82) is 0 Å². The quantitative estimate of drug-likeness (QED) is 0.795. The molecule has 0 saturated carbocycles. The Balaban J connectivity index is 1.52. The lowest BCUT2D eigenvalue weighted by molar-refractivity contribution is -0.134. The zero-order chi connectivity index (χ0) is 19.2. The van der Waals surface area contributed by atoms with E-state index in [0.717, 1.165) is 28.2 Å². The van der Waals surface area contributed by atoms with Crippen LogP contribution in [0.2, 0.25) is 0 Å². The number of nitrogens with one attached hydrogen (secondary N) is 2. The molecule has 1 atom stereocenters. The van der Waals surface area contributed by atoms with Gasteiger partial charge in [0.25, 0.3) is 5.91 Å². The predicted octanol–water partition coefficient (Wildman–Crippen LogP) is 2.92. The Kier molecular flexibility index (Phi) is 4.22. The first-order valence-corrected chi connectivity index (χ1v) is 9.55. The van der Waals surface area contributed by atoms with Crippen LogP contribution in [0.1, 0.15) is 28.8 Å². The Labute approximate surface area is 159 Å². The minimum absolute atomic E-state index is 0.280. The molecule has 8 heteroatoms. The van der Waals surface area contributed by atoms with Crippen LogP contribution in [0.25, 0.3) is 0 Å². The Bertz CT molecular complexity index is 957. The number of thiophene rings is 1. The van der Waals surface area contributed by atoms with Gasteiger partial charge >= 0.3 is 6.03 Å². The van der Waals surface area contributed by atoms with Gasteiger partial charge in [-0.15, -0.1) is 11.3 Å². The van der Waals surface area contributed by atoms with Gasteiger partial charge in [-0.3, -0.25) is 14.5 Å². The number of rotatable bonds is 3. The highest BCUT2D eigenvalue weighted by atomic mass is 32.1. The number of halogens is 1. The number of urea groups is 1. The molecule has 140 valence electrons. The van der Waals surface area contributed by atoms with Gasteiger partial charge in [-0.2, -0.15) is 0 Å². The number of imide groups is 1. The van der Waals surface area contributed by atoms with E-state index in [-0.39, 0.29) is 5.69 Å². The molecule has 6 nitrogen and oxygen atoms in total. The summed E-state index contributed by atoms with van der Waals surface area (Å²) >= 11 is 1.57. The van der Waals surface area contributed by atoms with E-state index < -0.39 is 35.7 Å². The molecule has 2 aliphatic rings. The molecule has 27 heavy (non-hydrogen) atoms. The van der Waals surface area contributed by atoms with Crippen molar-refractivity contribution in [2.45, 2.75) is 31.7 Å². The fourth-order valence-corrected chi connectivity index (χ4v) is 4.70. The highest BCUT2D eigenvalue weighted by Crippen LogP contribution is 2.42. The van der Waals surface area contributed by atoms with Gasteiger partial charge < -0.3 is 10.6 Å². The van der Waals surface area contributed by atoms with E-state index in [4.69, 9.17) is 0 Å². The molecule has 4 amide bonds. The van der Waals surface area contributed by atoms with Gasteiger partial charge in [0.05, 0.1) is 0 Å². The molecule has 0 unspecified atom stereocenters. The molecule has 0 radical (unpaired) electrons. The summed E-state index contributed by atoms with van der Waals surface area (Å²) in [5.74, 6) is -1.40. The third-order valence-electron chi connectivity index (χ3n) is 5.09. The number of carbonyl (C=O) groups is 3. The van der Waals surface area contributed by atoms with E-state index >= 15 is 0 Å². The van der Waals surface area contributed by atoms with Crippen LogP contribution in [-0.2, 0) is 21.5 Å². The molecule has 2 heterocycles. The van der Waals surface area contributed by atoms with Crippen LogP contribution in [0.15, 0.2) is 29.6 Å². The second kappa shape index (κ2) is 6.45. The normalized spacial score (nSPS) is 21.3. The van der Waals surface area contributed by atoms with Gasteiger partial charge in [0.2, 0.25) is 5.91 Å². The number of benzene rings is 1. The second-order valence-electron chi connectivity index (χ2n) is 6.85. The highest BCUT2D eigenvalue weighted by Gasteiger charge is 2.54. The van der Waals surface area contributed by atoms with E-state index in [2.05, 4.69) is 10.6 Å². The van der Waals surface area contributed by atoms with Crippen molar-refractivity contribution in [3.05, 3.63) is 51.5 Å². The molecular weight excluding hydrogens is 369 g/mol. The fraction of sp³-hybridized carbons (Fsp3) is 0.316. The number of hydrogen-bond acceptors (Lipinski definition) is 4. The van der Waals surface area contributed by atoms with Crippen LogP contribution in [0.3, 0.4) is 0 Å². The molecule has 2 N–H and O–H groups in total. The summed E-state index contributed by atoms with van der Waals surface area (Å²) in [7, 11) is 0. The van der Waals surface area contributed by atoms with Crippen molar-refractivity contribution in [3.63, 3.8) is 0 Å². The first-order chi connectivity index (χ1) is 12.9. The van der Waals surface area contributed by atoms with Crippen LogP contribution >= 0.6 is 11.3 Å². The van der Waals surface area contributed by atoms with Gasteiger partial charge in [0, 0.05) is 16.1 Å². The summed E-state index contributed by atoms with van der Waals surface area (Å²) < 4.78 is 13.6. The van der Waals surface area contributed by atoms with E-state index in [0.29, 0.717) is 12.0 Å². The van der Waals surface area contributed by atoms with Gasteiger partial charge in [-0.05, 0) is 55.3 Å². The summed E-state index contributed by atoms with van der Waals surface area (Å²) in [6, 6.07) is 5.62. The van der Waals surface area contributed by atoms with Crippen LogP contribution in [-0.4, -0.2) is 29.3 Å². The summed E-state index contributed by atoms with van der Waals surface area (Å²) in [6.07, 6.45) is 2.20.